The highest BCUT2D eigenvalue weighted by atomic mass is 16.5. The van der Waals surface area contributed by atoms with Gasteiger partial charge in [0.15, 0.2) is 0 Å². The van der Waals surface area contributed by atoms with Crippen LogP contribution in [0.4, 0.5) is 0 Å². The zero-order valence-electron chi connectivity index (χ0n) is 13.8. The Labute approximate surface area is 136 Å². The van der Waals surface area contributed by atoms with E-state index in [0.717, 1.165) is 5.75 Å². The highest BCUT2D eigenvalue weighted by Gasteiger charge is 2.52. The summed E-state index contributed by atoms with van der Waals surface area (Å²) >= 11 is 0. The first kappa shape index (κ1) is 16.2. The Balaban J connectivity index is 1.84. The molecule has 2 aliphatic heterocycles. The molecule has 6 heteroatoms. The van der Waals surface area contributed by atoms with Crippen LogP contribution in [-0.4, -0.2) is 64.6 Å². The molecule has 0 saturated carbocycles. The first-order valence-corrected chi connectivity index (χ1v) is 7.72. The van der Waals surface area contributed by atoms with Gasteiger partial charge in [-0.1, -0.05) is 12.1 Å². The van der Waals surface area contributed by atoms with Gasteiger partial charge in [0.05, 0.1) is 45.0 Å². The van der Waals surface area contributed by atoms with Gasteiger partial charge in [-0.15, -0.1) is 0 Å². The monoisotopic (exact) mass is 321 g/mol. The van der Waals surface area contributed by atoms with Gasteiger partial charge in [-0.25, -0.2) is 0 Å². The molecule has 2 aliphatic rings. The largest absolute Gasteiger partial charge is 0.497 e. The third-order valence-electron chi connectivity index (χ3n) is 4.99. The number of nitrogens with zero attached hydrogens (tertiary/aromatic N) is 1. The molecular weight excluding hydrogens is 298 g/mol. The maximum Gasteiger partial charge on any atom is 0.312 e. The van der Waals surface area contributed by atoms with Gasteiger partial charge >= 0.3 is 5.97 Å². The smallest absolute Gasteiger partial charge is 0.312 e. The van der Waals surface area contributed by atoms with Crippen molar-refractivity contribution in [3.63, 3.8) is 0 Å². The molecule has 1 aromatic carbocycles. The molecule has 23 heavy (non-hydrogen) atoms. The number of likely N-dealkylation sites (tertiary alicyclic amines) is 1. The minimum atomic E-state index is -0.263. The molecule has 126 valence electrons. The van der Waals surface area contributed by atoms with Gasteiger partial charge < -0.3 is 18.9 Å². The Morgan fingerprint density at radius 2 is 1.87 bits per heavy atom. The number of rotatable bonds is 5. The summed E-state index contributed by atoms with van der Waals surface area (Å²) in [5.41, 5.74) is 0.969. The first-order valence-electron chi connectivity index (χ1n) is 7.72. The molecule has 0 spiro atoms. The van der Waals surface area contributed by atoms with E-state index < -0.39 is 0 Å². The molecule has 2 saturated heterocycles. The van der Waals surface area contributed by atoms with Gasteiger partial charge in [-0.3, -0.25) is 9.69 Å². The van der Waals surface area contributed by atoms with Gasteiger partial charge in [-0.05, 0) is 17.7 Å². The summed E-state index contributed by atoms with van der Waals surface area (Å²) in [5.74, 6) is 0.345. The van der Waals surface area contributed by atoms with Crippen LogP contribution in [0.5, 0.6) is 5.75 Å². The summed E-state index contributed by atoms with van der Waals surface area (Å²) in [6.45, 7) is 2.53. The standard InChI is InChI=1S/C17H23NO5/c1-20-13-6-4-12(5-7-13)17(10-23-11-17)18-8-14(16(19)22-3)15(9-18)21-2/h4-7,14-15H,8-11H2,1-3H3/t14-,15-/m0/s1. The van der Waals surface area contributed by atoms with Gasteiger partial charge in [0.1, 0.15) is 5.75 Å². The van der Waals surface area contributed by atoms with Crippen molar-refractivity contribution in [3.8, 4) is 5.75 Å². The van der Waals surface area contributed by atoms with Crippen molar-refractivity contribution < 1.29 is 23.7 Å². The Kier molecular flexibility index (Phi) is 4.57. The molecule has 0 N–H and O–H groups in total. The van der Waals surface area contributed by atoms with E-state index in [1.165, 1.54) is 12.7 Å². The molecule has 1 aromatic rings. The fraction of sp³-hybridized carbons (Fsp3) is 0.588. The van der Waals surface area contributed by atoms with E-state index in [1.54, 1.807) is 14.2 Å². The van der Waals surface area contributed by atoms with E-state index in [9.17, 15) is 4.79 Å². The summed E-state index contributed by atoms with van der Waals surface area (Å²) in [4.78, 5) is 14.3. The zero-order chi connectivity index (χ0) is 16.4. The fourth-order valence-corrected chi connectivity index (χ4v) is 3.47. The average molecular weight is 321 g/mol. The number of carbonyl (C=O) groups excluding carboxylic acids is 1. The van der Waals surface area contributed by atoms with E-state index in [4.69, 9.17) is 18.9 Å². The maximum atomic E-state index is 12.0. The Morgan fingerprint density at radius 3 is 2.35 bits per heavy atom. The number of benzene rings is 1. The second-order valence-electron chi connectivity index (χ2n) is 6.06. The molecule has 2 heterocycles. The van der Waals surface area contributed by atoms with Crippen LogP contribution in [0, 0.1) is 5.92 Å². The summed E-state index contributed by atoms with van der Waals surface area (Å²) < 4.78 is 21.2. The lowest BCUT2D eigenvalue weighted by Crippen LogP contribution is -2.59. The lowest BCUT2D eigenvalue weighted by Gasteiger charge is -2.48. The molecule has 0 unspecified atom stereocenters. The Hall–Kier alpha value is -1.63. The van der Waals surface area contributed by atoms with E-state index >= 15 is 0 Å². The second kappa shape index (κ2) is 6.47. The van der Waals surface area contributed by atoms with E-state index in [0.29, 0.717) is 26.3 Å². The minimum Gasteiger partial charge on any atom is -0.497 e. The lowest BCUT2D eigenvalue weighted by molar-refractivity contribution is -0.151. The third-order valence-corrected chi connectivity index (χ3v) is 4.99. The van der Waals surface area contributed by atoms with Crippen molar-refractivity contribution in [2.45, 2.75) is 11.6 Å². The molecule has 0 amide bonds. The number of hydrogen-bond acceptors (Lipinski definition) is 6. The third kappa shape index (κ3) is 2.71. The van der Waals surface area contributed by atoms with Crippen molar-refractivity contribution in [3.05, 3.63) is 29.8 Å². The molecule has 2 fully saturated rings. The van der Waals surface area contributed by atoms with Gasteiger partial charge in [0, 0.05) is 20.2 Å². The quantitative estimate of drug-likeness (QED) is 0.755. The maximum absolute atomic E-state index is 12.0. The van der Waals surface area contributed by atoms with Crippen molar-refractivity contribution in [1.82, 2.24) is 4.90 Å². The summed E-state index contributed by atoms with van der Waals surface area (Å²) in [6, 6.07) is 8.04. The molecular formula is C17H23NO5. The Morgan fingerprint density at radius 1 is 1.17 bits per heavy atom. The number of esters is 1. The lowest BCUT2D eigenvalue weighted by atomic mass is 9.86. The van der Waals surface area contributed by atoms with Gasteiger partial charge in [0.25, 0.3) is 0 Å². The number of hydrogen-bond donors (Lipinski definition) is 0. The molecule has 0 radical (unpaired) electrons. The van der Waals surface area contributed by atoms with Crippen LogP contribution in [0.3, 0.4) is 0 Å². The van der Waals surface area contributed by atoms with Crippen molar-refractivity contribution in [1.29, 1.82) is 0 Å². The van der Waals surface area contributed by atoms with Crippen LogP contribution in [0.1, 0.15) is 5.56 Å². The van der Waals surface area contributed by atoms with E-state index in [2.05, 4.69) is 17.0 Å². The highest BCUT2D eigenvalue weighted by molar-refractivity contribution is 5.73. The van der Waals surface area contributed by atoms with Gasteiger partial charge in [0.2, 0.25) is 0 Å². The molecule has 0 aromatic heterocycles. The molecule has 3 rings (SSSR count). The van der Waals surface area contributed by atoms with Crippen molar-refractivity contribution in [2.24, 2.45) is 5.92 Å². The normalized spacial score (nSPS) is 26.6. The van der Waals surface area contributed by atoms with E-state index in [-0.39, 0.29) is 23.5 Å². The number of carbonyl (C=O) groups is 1. The Bertz CT molecular complexity index is 555. The van der Waals surface area contributed by atoms with Crippen LogP contribution in [-0.2, 0) is 24.5 Å². The predicted molar refractivity (Wildman–Crippen MR) is 83.4 cm³/mol. The summed E-state index contributed by atoms with van der Waals surface area (Å²) in [6.07, 6.45) is -0.154. The van der Waals surface area contributed by atoms with Crippen molar-refractivity contribution in [2.75, 3.05) is 47.6 Å². The second-order valence-corrected chi connectivity index (χ2v) is 6.06. The molecule has 0 aliphatic carbocycles. The predicted octanol–water partition coefficient (Wildman–Crippen LogP) is 1.04. The van der Waals surface area contributed by atoms with Gasteiger partial charge in [-0.2, -0.15) is 0 Å². The minimum absolute atomic E-state index is 0.154. The number of methoxy groups -OCH3 is 3. The summed E-state index contributed by atoms with van der Waals surface area (Å²) in [7, 11) is 4.71. The zero-order valence-corrected chi connectivity index (χ0v) is 13.8. The highest BCUT2D eigenvalue weighted by Crippen LogP contribution is 2.40. The molecule has 2 atom stereocenters. The van der Waals surface area contributed by atoms with Crippen molar-refractivity contribution >= 4 is 5.97 Å². The fourth-order valence-electron chi connectivity index (χ4n) is 3.47. The number of ether oxygens (including phenoxy) is 4. The first-order chi connectivity index (χ1) is 11.1. The molecule has 6 nitrogen and oxygen atoms in total. The van der Waals surface area contributed by atoms with Crippen LogP contribution in [0.15, 0.2) is 24.3 Å². The molecule has 0 bridgehead atoms. The SMILES string of the molecule is COC(=O)[C@H]1CN(C2(c3ccc(OC)cc3)COC2)C[C@@H]1OC. The average Bonchev–Trinajstić information content (AvgIpc) is 2.98. The van der Waals surface area contributed by atoms with Crippen LogP contribution >= 0.6 is 0 Å². The van der Waals surface area contributed by atoms with E-state index in [1.807, 2.05) is 12.1 Å². The van der Waals surface area contributed by atoms with Crippen LogP contribution in [0.25, 0.3) is 0 Å². The van der Waals surface area contributed by atoms with Crippen LogP contribution in [0.2, 0.25) is 0 Å². The summed E-state index contributed by atoms with van der Waals surface area (Å²) in [5, 5.41) is 0. The van der Waals surface area contributed by atoms with Crippen LogP contribution < -0.4 is 4.74 Å². The topological polar surface area (TPSA) is 57.2 Å².